The molecule has 4 aliphatic rings. The Morgan fingerprint density at radius 3 is 1.71 bits per heavy atom. The Morgan fingerprint density at radius 2 is 1.24 bits per heavy atom. The van der Waals surface area contributed by atoms with Gasteiger partial charge in [0.25, 0.3) is 0 Å². The lowest BCUT2D eigenvalue weighted by Gasteiger charge is -2.45. The number of aliphatic hydroxyl groups is 1. The predicted molar refractivity (Wildman–Crippen MR) is 189 cm³/mol. The fourth-order valence-corrected chi connectivity index (χ4v) is 8.45. The number of allylic oxidation sites excluding steroid dienone is 2. The number of carbonyl (C=O) groups is 1. The number of nitrogens with zero attached hydrogens (tertiary/aromatic N) is 4. The first kappa shape index (κ1) is 36.0. The summed E-state index contributed by atoms with van der Waals surface area (Å²) in [5, 5.41) is 28.4. The maximum atomic E-state index is 13.2. The van der Waals surface area contributed by atoms with Crippen LogP contribution in [-0.2, 0) is 17.6 Å². The molecule has 0 amide bonds. The second-order valence-corrected chi connectivity index (χ2v) is 14.0. The van der Waals surface area contributed by atoms with Gasteiger partial charge in [-0.15, -0.1) is 0 Å². The van der Waals surface area contributed by atoms with E-state index in [1.165, 1.54) is 41.0 Å². The van der Waals surface area contributed by atoms with Crippen LogP contribution in [0.5, 0.6) is 0 Å². The minimum Gasteiger partial charge on any atom is -0.481 e. The first-order valence-electron chi connectivity index (χ1n) is 16.5. The number of aromatic nitrogens is 4. The summed E-state index contributed by atoms with van der Waals surface area (Å²) in [7, 11) is 0. The summed E-state index contributed by atoms with van der Waals surface area (Å²) in [6, 6.07) is 12.7. The fourth-order valence-electron chi connectivity index (χ4n) is 8.45. The number of rotatable bonds is 4. The molecule has 2 heterocycles. The van der Waals surface area contributed by atoms with Gasteiger partial charge in [-0.2, -0.15) is 10.2 Å². The summed E-state index contributed by atoms with van der Waals surface area (Å²) in [6.45, 7) is 4.58. The molecular weight excluding hydrogens is 621 g/mol. The monoisotopic (exact) mass is 665 g/mol. The number of aliphatic hydroxyl groups excluding tert-OH is 1. The molecule has 2 aromatic heterocycles. The first-order valence-corrected chi connectivity index (χ1v) is 16.5. The van der Waals surface area contributed by atoms with Gasteiger partial charge in [0.15, 0.2) is 0 Å². The normalized spacial score (nSPS) is 24.9. The molecule has 2 aromatic carbocycles. The molecule has 8 rings (SSSR count). The lowest BCUT2D eigenvalue weighted by molar-refractivity contribution is -0.146. The summed E-state index contributed by atoms with van der Waals surface area (Å²) in [5.74, 6) is -1.25. The fraction of sp³-hybridized carbons (Fsp3) is 0.410. The molecule has 0 aliphatic heterocycles. The third-order valence-electron chi connectivity index (χ3n) is 11.2. The van der Waals surface area contributed by atoms with Gasteiger partial charge in [0, 0.05) is 20.4 Å². The van der Waals surface area contributed by atoms with Gasteiger partial charge in [0.2, 0.25) is 0 Å². The highest BCUT2D eigenvalue weighted by Gasteiger charge is 2.47. The average Bonchev–Trinajstić information content (AvgIpc) is 3.65. The topological polar surface area (TPSA) is 93.2 Å². The number of halogens is 2. The van der Waals surface area contributed by atoms with E-state index >= 15 is 0 Å². The smallest absolute Gasteiger partial charge is 0.307 e. The van der Waals surface area contributed by atoms with Crippen LogP contribution in [-0.4, -0.2) is 50.8 Å². The Morgan fingerprint density at radius 1 is 0.796 bits per heavy atom. The highest BCUT2D eigenvalue weighted by atomic mass is 19.1. The third kappa shape index (κ3) is 6.31. The molecule has 255 valence electrons. The number of aliphatic carboxylic acids is 1. The van der Waals surface area contributed by atoms with Crippen molar-refractivity contribution in [2.24, 2.45) is 22.7 Å². The van der Waals surface area contributed by atoms with Crippen LogP contribution in [0.3, 0.4) is 0 Å². The maximum Gasteiger partial charge on any atom is 0.307 e. The van der Waals surface area contributed by atoms with E-state index in [0.717, 1.165) is 73.3 Å². The van der Waals surface area contributed by atoms with Gasteiger partial charge < -0.3 is 10.2 Å². The Balaban J connectivity index is 0.000000184. The third-order valence-corrected chi connectivity index (χ3v) is 11.2. The summed E-state index contributed by atoms with van der Waals surface area (Å²) in [4.78, 5) is 11.7. The second kappa shape index (κ2) is 13.9. The molecule has 2 saturated carbocycles. The summed E-state index contributed by atoms with van der Waals surface area (Å²) in [6.07, 6.45) is 15.5. The van der Waals surface area contributed by atoms with Gasteiger partial charge in [-0.1, -0.05) is 32.4 Å². The second-order valence-electron chi connectivity index (χ2n) is 14.0. The Bertz CT molecular complexity index is 1880. The van der Waals surface area contributed by atoms with E-state index in [9.17, 15) is 23.8 Å². The molecule has 0 unspecified atom stereocenters. The molecule has 2 fully saturated rings. The molecule has 2 N–H and O–H groups in total. The SMILES string of the molecule is C.C[C@]12Cc3cnn(-c4ccc(F)cc4)c3C=C1CCC[C@@H]2C(=O)O.C[C@]12Cc3cnn(-c4ccc(F)cc4)c3C=C1CCC[C@@H]2CO.[B]. The van der Waals surface area contributed by atoms with Crippen molar-refractivity contribution in [1.82, 2.24) is 19.6 Å². The van der Waals surface area contributed by atoms with E-state index in [4.69, 9.17) is 0 Å². The molecule has 3 radical (unpaired) electrons. The number of benzene rings is 2. The van der Waals surface area contributed by atoms with Crippen molar-refractivity contribution >= 4 is 26.5 Å². The summed E-state index contributed by atoms with van der Waals surface area (Å²) < 4.78 is 30.0. The molecular formula is C39H44BF2N4O3. The number of carboxylic acids is 1. The van der Waals surface area contributed by atoms with Crippen molar-refractivity contribution in [3.05, 3.63) is 106 Å². The summed E-state index contributed by atoms with van der Waals surface area (Å²) in [5.41, 5.74) is 8.34. The zero-order chi connectivity index (χ0) is 32.9. The van der Waals surface area contributed by atoms with Crippen LogP contribution in [0.4, 0.5) is 8.78 Å². The van der Waals surface area contributed by atoms with Gasteiger partial charge in [-0.3, -0.25) is 4.79 Å². The maximum absolute atomic E-state index is 13.2. The highest BCUT2D eigenvalue weighted by Crippen LogP contribution is 2.52. The summed E-state index contributed by atoms with van der Waals surface area (Å²) >= 11 is 0. The molecule has 4 aromatic rings. The van der Waals surface area contributed by atoms with Gasteiger partial charge in [-0.25, -0.2) is 18.1 Å². The van der Waals surface area contributed by atoms with E-state index in [1.54, 1.807) is 24.3 Å². The van der Waals surface area contributed by atoms with Gasteiger partial charge in [0.1, 0.15) is 11.6 Å². The zero-order valence-corrected chi connectivity index (χ0v) is 27.4. The van der Waals surface area contributed by atoms with Gasteiger partial charge in [-0.05, 0) is 135 Å². The van der Waals surface area contributed by atoms with Crippen molar-refractivity contribution in [2.45, 2.75) is 72.6 Å². The molecule has 10 heteroatoms. The minimum atomic E-state index is -0.711. The first-order chi connectivity index (χ1) is 22.6. The number of fused-ring (bicyclic) bond motifs is 4. The van der Waals surface area contributed by atoms with Gasteiger partial charge in [0.05, 0.1) is 41.1 Å². The number of hydrogen-bond acceptors (Lipinski definition) is 4. The van der Waals surface area contributed by atoms with Crippen molar-refractivity contribution in [2.75, 3.05) is 6.61 Å². The largest absolute Gasteiger partial charge is 0.481 e. The zero-order valence-electron chi connectivity index (χ0n) is 27.4. The minimum absolute atomic E-state index is 0. The molecule has 0 bridgehead atoms. The van der Waals surface area contributed by atoms with Crippen LogP contribution >= 0.6 is 0 Å². The van der Waals surface area contributed by atoms with E-state index < -0.39 is 5.97 Å². The quantitative estimate of drug-likeness (QED) is 0.217. The molecule has 0 saturated heterocycles. The molecule has 7 nitrogen and oxygen atoms in total. The predicted octanol–water partition coefficient (Wildman–Crippen LogP) is 7.85. The molecule has 4 atom stereocenters. The standard InChI is InChI=1S/C19H19FN2O2.C19H21FN2O.CH4.B/c1-19-10-12-11-21-22(15-7-5-14(20)6-8-15)17(12)9-13(19)3-2-4-16(19)18(23)24;1-19-10-13-11-21-22(17-7-5-16(20)6-8-17)18(13)9-14(19)3-2-4-15(19)12-23;;/h5-9,11,16H,2-4,10H2,1H3,(H,23,24);5-9,11,15,23H,2-4,10,12H2,1H3;1H4;/t16-,19+;15-,19+;;/m11../s1. The van der Waals surface area contributed by atoms with Crippen LogP contribution < -0.4 is 0 Å². The van der Waals surface area contributed by atoms with Crippen LogP contribution in [0.15, 0.2) is 72.1 Å². The molecule has 4 aliphatic carbocycles. The Labute approximate surface area is 288 Å². The number of carboxylic acid groups (broad SMARTS) is 1. The number of hydrogen-bond donors (Lipinski definition) is 2. The Kier molecular flexibility index (Phi) is 10.2. The molecule has 0 spiro atoms. The van der Waals surface area contributed by atoms with Crippen LogP contribution in [0.1, 0.15) is 82.3 Å². The van der Waals surface area contributed by atoms with Crippen LogP contribution in [0.2, 0.25) is 0 Å². The van der Waals surface area contributed by atoms with E-state index in [1.807, 2.05) is 21.8 Å². The lowest BCUT2D eigenvalue weighted by Crippen LogP contribution is -2.41. The van der Waals surface area contributed by atoms with E-state index in [2.05, 4.69) is 36.2 Å². The Hall–Kier alpha value is -4.31. The van der Waals surface area contributed by atoms with Crippen LogP contribution in [0, 0.1) is 34.3 Å². The van der Waals surface area contributed by atoms with E-state index in [-0.39, 0.29) is 50.8 Å². The van der Waals surface area contributed by atoms with Crippen molar-refractivity contribution in [1.29, 1.82) is 0 Å². The van der Waals surface area contributed by atoms with E-state index in [0.29, 0.717) is 12.3 Å². The average molecular weight is 666 g/mol. The van der Waals surface area contributed by atoms with Crippen molar-refractivity contribution < 1.29 is 23.8 Å². The van der Waals surface area contributed by atoms with Gasteiger partial charge >= 0.3 is 5.97 Å². The lowest BCUT2D eigenvalue weighted by atomic mass is 9.60. The van der Waals surface area contributed by atoms with Crippen molar-refractivity contribution in [3.8, 4) is 11.4 Å². The highest BCUT2D eigenvalue weighted by molar-refractivity contribution is 5.76. The molecule has 49 heavy (non-hydrogen) atoms. The van der Waals surface area contributed by atoms with Crippen LogP contribution in [0.25, 0.3) is 23.5 Å². The van der Waals surface area contributed by atoms with Crippen molar-refractivity contribution in [3.63, 3.8) is 0 Å².